The summed E-state index contributed by atoms with van der Waals surface area (Å²) in [6.45, 7) is 10.7. The van der Waals surface area contributed by atoms with E-state index in [0.29, 0.717) is 0 Å². The van der Waals surface area contributed by atoms with Crippen molar-refractivity contribution in [3.63, 3.8) is 0 Å². The minimum atomic E-state index is -4.86. The van der Waals surface area contributed by atoms with Crippen molar-refractivity contribution in [1.82, 2.24) is 5.48 Å². The summed E-state index contributed by atoms with van der Waals surface area (Å²) < 4.78 is 10.5. The van der Waals surface area contributed by atoms with Gasteiger partial charge in [-0.15, -0.1) is 0 Å². The summed E-state index contributed by atoms with van der Waals surface area (Å²) in [5, 5.41) is 0. The van der Waals surface area contributed by atoms with Crippen molar-refractivity contribution < 1.29 is 24.0 Å². The lowest BCUT2D eigenvalue weighted by Gasteiger charge is -2.27. The van der Waals surface area contributed by atoms with Crippen LogP contribution in [0.1, 0.15) is 73.1 Å². The van der Waals surface area contributed by atoms with Gasteiger partial charge >= 0.3 is 0 Å². The van der Waals surface area contributed by atoms with Crippen molar-refractivity contribution in [2.75, 3.05) is 12.8 Å². The quantitative estimate of drug-likeness (QED) is 0.195. The Morgan fingerprint density at radius 1 is 0.828 bits per heavy atom. The second kappa shape index (κ2) is 15.4. The summed E-state index contributed by atoms with van der Waals surface area (Å²) in [7, 11) is -4.86. The Kier molecular flexibility index (Phi) is 14.6. The average molecular weight is 426 g/mol. The monoisotopic (exact) mass is 425 g/mol. The maximum Gasteiger partial charge on any atom is 0.248 e. The third kappa shape index (κ3) is 19.6. The Bertz CT molecular complexity index is 667. The molecule has 1 amide bonds. The molecular formula is C22H36NO5P-2. The molecule has 0 saturated heterocycles. The van der Waals surface area contributed by atoms with E-state index < -0.39 is 19.7 Å². The van der Waals surface area contributed by atoms with Crippen molar-refractivity contribution in [1.29, 1.82) is 0 Å². The van der Waals surface area contributed by atoms with Crippen molar-refractivity contribution >= 4 is 13.5 Å². The number of carbonyl (C=O) groups excluding carboxylic acids is 1. The molecule has 0 saturated carbocycles. The van der Waals surface area contributed by atoms with E-state index in [2.05, 4.69) is 45.9 Å². The van der Waals surface area contributed by atoms with E-state index in [1.165, 1.54) is 16.7 Å². The highest BCUT2D eigenvalue weighted by molar-refractivity contribution is 7.49. The van der Waals surface area contributed by atoms with Crippen LogP contribution in [0.3, 0.4) is 0 Å². The zero-order chi connectivity index (χ0) is 22.3. The number of hydrogen-bond acceptors (Lipinski definition) is 5. The van der Waals surface area contributed by atoms with Gasteiger partial charge in [0.1, 0.15) is 0 Å². The van der Waals surface area contributed by atoms with Crippen LogP contribution in [-0.2, 0) is 14.2 Å². The molecule has 0 radical (unpaired) electrons. The van der Waals surface area contributed by atoms with Gasteiger partial charge in [0.05, 0.1) is 12.8 Å². The molecule has 0 fully saturated rings. The fourth-order valence-electron chi connectivity index (χ4n) is 2.50. The predicted molar refractivity (Wildman–Crippen MR) is 115 cm³/mol. The van der Waals surface area contributed by atoms with Gasteiger partial charge in [0.25, 0.3) is 0 Å². The molecule has 6 nitrogen and oxygen atoms in total. The first-order chi connectivity index (χ1) is 13.5. The lowest BCUT2D eigenvalue weighted by atomic mass is 10.0. The summed E-state index contributed by atoms with van der Waals surface area (Å²) in [4.78, 5) is 36.9. The second-order valence-corrected chi connectivity index (χ2v) is 9.19. The number of allylic oxidation sites excluding steroid dienone is 7. The molecule has 0 aliphatic heterocycles. The Labute approximate surface area is 175 Å². The van der Waals surface area contributed by atoms with Crippen LogP contribution in [-0.4, -0.2) is 18.7 Å². The molecule has 0 aromatic heterocycles. The van der Waals surface area contributed by atoms with E-state index in [0.717, 1.165) is 44.1 Å². The van der Waals surface area contributed by atoms with E-state index in [1.54, 1.807) is 0 Å². The van der Waals surface area contributed by atoms with Crippen LogP contribution in [0.5, 0.6) is 0 Å². The molecule has 0 rings (SSSR count). The highest BCUT2D eigenvalue weighted by Crippen LogP contribution is 2.21. The molecule has 0 spiro atoms. The molecule has 7 heteroatoms. The lowest BCUT2D eigenvalue weighted by molar-refractivity contribution is -0.312. The highest BCUT2D eigenvalue weighted by Gasteiger charge is 2.03. The molecule has 0 bridgehead atoms. The SMILES string of the molecule is CC(C)=CCC/C(C)=C/CC/C(C)=C/CC/C(C)=C/CONC(=O)CP(=O)([O-])[O-]. The molecule has 0 unspecified atom stereocenters. The number of nitrogens with one attached hydrogen (secondary N) is 1. The summed E-state index contributed by atoms with van der Waals surface area (Å²) in [6, 6.07) is 0. The molecule has 0 atom stereocenters. The first-order valence-corrected chi connectivity index (χ1v) is 11.7. The van der Waals surface area contributed by atoms with Crippen LogP contribution >= 0.6 is 7.60 Å². The second-order valence-electron chi connectivity index (χ2n) is 7.65. The summed E-state index contributed by atoms with van der Waals surface area (Å²) in [5.74, 6) is -0.954. The minimum Gasteiger partial charge on any atom is -0.810 e. The first-order valence-electron chi connectivity index (χ1n) is 10.0. The van der Waals surface area contributed by atoms with E-state index in [1.807, 2.05) is 18.5 Å². The Balaban J connectivity index is 4.02. The Hall–Kier alpha value is -1.46. The van der Waals surface area contributed by atoms with Crippen molar-refractivity contribution in [3.8, 4) is 0 Å². The van der Waals surface area contributed by atoms with Crippen molar-refractivity contribution in [2.24, 2.45) is 0 Å². The van der Waals surface area contributed by atoms with Crippen LogP contribution in [0.25, 0.3) is 0 Å². The molecule has 29 heavy (non-hydrogen) atoms. The highest BCUT2D eigenvalue weighted by atomic mass is 31.2. The zero-order valence-electron chi connectivity index (χ0n) is 18.5. The first kappa shape index (κ1) is 27.5. The van der Waals surface area contributed by atoms with Crippen LogP contribution in [0.15, 0.2) is 46.6 Å². The van der Waals surface area contributed by atoms with Crippen molar-refractivity contribution in [3.05, 3.63) is 46.6 Å². The molecule has 0 aliphatic carbocycles. The van der Waals surface area contributed by atoms with Gasteiger partial charge in [-0.1, -0.05) is 54.2 Å². The molecule has 0 aromatic rings. The smallest absolute Gasteiger partial charge is 0.248 e. The van der Waals surface area contributed by atoms with Crippen LogP contribution < -0.4 is 15.3 Å². The zero-order valence-corrected chi connectivity index (χ0v) is 19.3. The lowest BCUT2D eigenvalue weighted by Crippen LogP contribution is -2.31. The third-order valence-electron chi connectivity index (χ3n) is 4.19. The van der Waals surface area contributed by atoms with Gasteiger partial charge < -0.3 is 14.4 Å². The maximum absolute atomic E-state index is 11.1. The van der Waals surface area contributed by atoms with Crippen molar-refractivity contribution in [2.45, 2.75) is 73.1 Å². The van der Waals surface area contributed by atoms with Crippen LogP contribution in [0.4, 0.5) is 0 Å². The fraction of sp³-hybridized carbons (Fsp3) is 0.591. The maximum atomic E-state index is 11.1. The van der Waals surface area contributed by atoms with Gasteiger partial charge in [-0.3, -0.25) is 9.63 Å². The number of carbonyl (C=O) groups is 1. The molecule has 1 N–H and O–H groups in total. The number of hydrogen-bond donors (Lipinski definition) is 1. The van der Waals surface area contributed by atoms with Gasteiger partial charge in [-0.05, 0) is 73.1 Å². The Morgan fingerprint density at radius 2 is 1.28 bits per heavy atom. The molecule has 166 valence electrons. The topological polar surface area (TPSA) is 102 Å². The minimum absolute atomic E-state index is 0.124. The molecule has 0 aliphatic rings. The third-order valence-corrected chi connectivity index (χ3v) is 4.87. The van der Waals surface area contributed by atoms with Gasteiger partial charge in [0, 0.05) is 0 Å². The average Bonchev–Trinajstić information content (AvgIpc) is 2.57. The largest absolute Gasteiger partial charge is 0.810 e. The van der Waals surface area contributed by atoms with E-state index in [4.69, 9.17) is 4.84 Å². The van der Waals surface area contributed by atoms with Gasteiger partial charge in [0.15, 0.2) is 0 Å². The van der Waals surface area contributed by atoms with Gasteiger partial charge in [-0.25, -0.2) is 5.48 Å². The number of rotatable bonds is 14. The summed E-state index contributed by atoms with van der Waals surface area (Å²) in [5.41, 5.74) is 7.23. The van der Waals surface area contributed by atoms with Gasteiger partial charge in [0.2, 0.25) is 5.91 Å². The number of hydroxylamine groups is 1. The van der Waals surface area contributed by atoms with E-state index in [9.17, 15) is 19.1 Å². The van der Waals surface area contributed by atoms with E-state index in [-0.39, 0.29) is 6.61 Å². The van der Waals surface area contributed by atoms with Crippen LogP contribution in [0, 0.1) is 0 Å². The summed E-state index contributed by atoms with van der Waals surface area (Å²) >= 11 is 0. The Morgan fingerprint density at radius 3 is 1.72 bits per heavy atom. The van der Waals surface area contributed by atoms with E-state index >= 15 is 0 Å². The van der Waals surface area contributed by atoms with Gasteiger partial charge in [-0.2, -0.15) is 0 Å². The fourth-order valence-corrected chi connectivity index (χ4v) is 2.92. The predicted octanol–water partition coefficient (Wildman–Crippen LogP) is 4.09. The normalized spacial score (nSPS) is 13.4. The standard InChI is InChI=1S/C22H38NO5P/c1-18(2)9-6-10-19(3)11-7-12-20(4)13-8-14-21(5)15-16-28-23-22(24)17-29(25,26)27/h9,11,13,15H,6-8,10,12,14,16-17H2,1-5H3,(H,23,24)(H2,25,26,27)/p-2/b19-11+,20-13+,21-15+. The molecule has 0 aromatic carbocycles. The molecular weight excluding hydrogens is 389 g/mol. The summed E-state index contributed by atoms with van der Waals surface area (Å²) in [6.07, 6.45) is 13.7. The van der Waals surface area contributed by atoms with Crippen LogP contribution in [0.2, 0.25) is 0 Å². The number of amides is 1. The molecule has 0 heterocycles.